The Labute approximate surface area is 133 Å². The van der Waals surface area contributed by atoms with Crippen LogP contribution in [0.4, 0.5) is 13.2 Å². The Morgan fingerprint density at radius 1 is 0.727 bits per heavy atom. The third-order valence-electron chi connectivity index (χ3n) is 3.82. The van der Waals surface area contributed by atoms with Gasteiger partial charge in [-0.1, -0.05) is 84.0 Å². The molecule has 0 heterocycles. The van der Waals surface area contributed by atoms with Crippen molar-refractivity contribution in [3.63, 3.8) is 0 Å². The summed E-state index contributed by atoms with van der Waals surface area (Å²) in [7, 11) is 0. The summed E-state index contributed by atoms with van der Waals surface area (Å²) in [6.45, 7) is 2.35. The molecule has 22 heavy (non-hydrogen) atoms. The summed E-state index contributed by atoms with van der Waals surface area (Å²) in [6, 6.07) is 0. The van der Waals surface area contributed by atoms with Gasteiger partial charge in [-0.25, -0.2) is 0 Å². The zero-order valence-electron chi connectivity index (χ0n) is 13.9. The molecule has 132 valence electrons. The van der Waals surface area contributed by atoms with E-state index in [-0.39, 0.29) is 6.54 Å². The molecule has 0 fully saturated rings. The summed E-state index contributed by atoms with van der Waals surface area (Å²) in [5.74, 6) is -1.83. The largest absolute Gasteiger partial charge is 0.471 e. The third-order valence-corrected chi connectivity index (χ3v) is 3.82. The van der Waals surface area contributed by atoms with Crippen LogP contribution in [0.1, 0.15) is 90.4 Å². The molecular formula is C17H32F3NO. The predicted molar refractivity (Wildman–Crippen MR) is 84.8 cm³/mol. The first-order valence-electron chi connectivity index (χ1n) is 8.83. The van der Waals surface area contributed by atoms with Crippen molar-refractivity contribution in [1.29, 1.82) is 0 Å². The van der Waals surface area contributed by atoms with E-state index in [0.29, 0.717) is 6.42 Å². The number of amides is 1. The van der Waals surface area contributed by atoms with Crippen LogP contribution in [0.5, 0.6) is 0 Å². The molecule has 5 heteroatoms. The lowest BCUT2D eigenvalue weighted by Crippen LogP contribution is -2.37. The molecule has 0 aromatic rings. The van der Waals surface area contributed by atoms with Crippen LogP contribution >= 0.6 is 0 Å². The highest BCUT2D eigenvalue weighted by Crippen LogP contribution is 2.14. The maximum absolute atomic E-state index is 11.9. The monoisotopic (exact) mass is 323 g/mol. The van der Waals surface area contributed by atoms with Crippen molar-refractivity contribution < 1.29 is 18.0 Å². The van der Waals surface area contributed by atoms with E-state index in [1.54, 1.807) is 0 Å². The van der Waals surface area contributed by atoms with Crippen LogP contribution < -0.4 is 5.32 Å². The number of nitrogens with one attached hydrogen (secondary N) is 1. The maximum atomic E-state index is 11.9. The average molecular weight is 323 g/mol. The number of hydrogen-bond acceptors (Lipinski definition) is 1. The molecule has 0 atom stereocenters. The van der Waals surface area contributed by atoms with Crippen molar-refractivity contribution in [3.8, 4) is 0 Å². The molecule has 0 unspecified atom stereocenters. The molecule has 0 saturated carbocycles. The fourth-order valence-electron chi connectivity index (χ4n) is 2.44. The molecule has 0 rings (SSSR count). The lowest BCUT2D eigenvalue weighted by Gasteiger charge is -2.07. The number of carbonyl (C=O) groups is 1. The average Bonchev–Trinajstić information content (AvgIpc) is 2.46. The van der Waals surface area contributed by atoms with Crippen LogP contribution in [0, 0.1) is 0 Å². The van der Waals surface area contributed by atoms with E-state index < -0.39 is 12.1 Å². The van der Waals surface area contributed by atoms with E-state index in [4.69, 9.17) is 0 Å². The quantitative estimate of drug-likeness (QED) is 0.405. The van der Waals surface area contributed by atoms with Gasteiger partial charge in [0.25, 0.3) is 0 Å². The Kier molecular flexibility index (Phi) is 13.4. The Bertz CT molecular complexity index is 267. The number of hydrogen-bond donors (Lipinski definition) is 1. The van der Waals surface area contributed by atoms with Gasteiger partial charge in [0, 0.05) is 6.54 Å². The second-order valence-electron chi connectivity index (χ2n) is 6.00. The second-order valence-corrected chi connectivity index (χ2v) is 6.00. The highest BCUT2D eigenvalue weighted by Gasteiger charge is 2.38. The lowest BCUT2D eigenvalue weighted by atomic mass is 10.0. The first kappa shape index (κ1) is 21.3. The molecule has 0 aromatic carbocycles. The molecule has 0 spiro atoms. The molecule has 2 nitrogen and oxygen atoms in total. The molecule has 0 radical (unpaired) electrons. The number of unbranched alkanes of at least 4 members (excludes halogenated alkanes) is 12. The summed E-state index contributed by atoms with van der Waals surface area (Å²) < 4.78 is 35.7. The van der Waals surface area contributed by atoms with Gasteiger partial charge >= 0.3 is 12.1 Å². The van der Waals surface area contributed by atoms with Crippen LogP contribution in [0.25, 0.3) is 0 Å². The van der Waals surface area contributed by atoms with Gasteiger partial charge in [0.05, 0.1) is 0 Å². The van der Waals surface area contributed by atoms with Crippen molar-refractivity contribution in [2.45, 2.75) is 96.6 Å². The lowest BCUT2D eigenvalue weighted by molar-refractivity contribution is -0.173. The Morgan fingerprint density at radius 3 is 1.45 bits per heavy atom. The van der Waals surface area contributed by atoms with Gasteiger partial charge in [-0.3, -0.25) is 4.79 Å². The van der Waals surface area contributed by atoms with Crippen LogP contribution in [0.3, 0.4) is 0 Å². The van der Waals surface area contributed by atoms with Gasteiger partial charge in [0.1, 0.15) is 0 Å². The first-order chi connectivity index (χ1) is 10.5. The van der Waals surface area contributed by atoms with E-state index in [0.717, 1.165) is 19.3 Å². The number of rotatable bonds is 14. The normalized spacial score (nSPS) is 11.6. The Hall–Kier alpha value is -0.740. The van der Waals surface area contributed by atoms with E-state index >= 15 is 0 Å². The summed E-state index contributed by atoms with van der Waals surface area (Å²) in [4.78, 5) is 10.5. The SMILES string of the molecule is CCCCCCCCCCCCCCCNC(=O)C(F)(F)F. The minimum Gasteiger partial charge on any atom is -0.348 e. The molecule has 0 saturated heterocycles. The Morgan fingerprint density at radius 2 is 1.09 bits per heavy atom. The number of carbonyl (C=O) groups excluding carboxylic acids is 1. The molecule has 1 amide bonds. The molecule has 0 aromatic heterocycles. The maximum Gasteiger partial charge on any atom is 0.471 e. The van der Waals surface area contributed by atoms with Crippen LogP contribution in [0.15, 0.2) is 0 Å². The molecule has 0 aliphatic heterocycles. The van der Waals surface area contributed by atoms with Gasteiger partial charge in [-0.15, -0.1) is 0 Å². The number of alkyl halides is 3. The van der Waals surface area contributed by atoms with Crippen LogP contribution in [-0.2, 0) is 4.79 Å². The van der Waals surface area contributed by atoms with Crippen molar-refractivity contribution in [2.75, 3.05) is 6.54 Å². The van der Waals surface area contributed by atoms with Crippen molar-refractivity contribution in [1.82, 2.24) is 5.32 Å². The van der Waals surface area contributed by atoms with E-state index in [1.807, 2.05) is 5.32 Å². The Balaban J connectivity index is 3.13. The van der Waals surface area contributed by atoms with E-state index in [2.05, 4.69) is 6.92 Å². The summed E-state index contributed by atoms with van der Waals surface area (Å²) in [5.41, 5.74) is 0. The zero-order chi connectivity index (χ0) is 16.7. The standard InChI is InChI=1S/C17H32F3NO/c1-2-3-4-5-6-7-8-9-10-11-12-13-14-15-21-16(22)17(18,19)20/h2-15H2,1H3,(H,21,22). The molecular weight excluding hydrogens is 291 g/mol. The summed E-state index contributed by atoms with van der Waals surface area (Å²) in [6.07, 6.45) is 10.7. The number of halogens is 3. The topological polar surface area (TPSA) is 29.1 Å². The minimum absolute atomic E-state index is 0.121. The van der Waals surface area contributed by atoms with Crippen molar-refractivity contribution in [2.24, 2.45) is 0 Å². The van der Waals surface area contributed by atoms with Crippen molar-refractivity contribution in [3.05, 3.63) is 0 Å². The zero-order valence-corrected chi connectivity index (χ0v) is 13.9. The highest BCUT2D eigenvalue weighted by atomic mass is 19.4. The summed E-state index contributed by atoms with van der Waals surface area (Å²) >= 11 is 0. The van der Waals surface area contributed by atoms with E-state index in [1.165, 1.54) is 57.8 Å². The highest BCUT2D eigenvalue weighted by molar-refractivity contribution is 5.81. The van der Waals surface area contributed by atoms with Gasteiger partial charge in [0.15, 0.2) is 0 Å². The third kappa shape index (κ3) is 14.2. The molecule has 0 aliphatic rings. The summed E-state index contributed by atoms with van der Waals surface area (Å²) in [5, 5.41) is 1.90. The fraction of sp³-hybridized carbons (Fsp3) is 0.941. The van der Waals surface area contributed by atoms with Gasteiger partial charge < -0.3 is 5.32 Å². The predicted octanol–water partition coefficient (Wildman–Crippen LogP) is 5.76. The van der Waals surface area contributed by atoms with Crippen LogP contribution in [0.2, 0.25) is 0 Å². The minimum atomic E-state index is -4.75. The van der Waals surface area contributed by atoms with Gasteiger partial charge in [-0.2, -0.15) is 13.2 Å². The van der Waals surface area contributed by atoms with Crippen LogP contribution in [-0.4, -0.2) is 18.6 Å². The van der Waals surface area contributed by atoms with E-state index in [9.17, 15) is 18.0 Å². The van der Waals surface area contributed by atoms with Crippen molar-refractivity contribution >= 4 is 5.91 Å². The molecule has 0 bridgehead atoms. The smallest absolute Gasteiger partial charge is 0.348 e. The van der Waals surface area contributed by atoms with Gasteiger partial charge in [0.2, 0.25) is 0 Å². The molecule has 1 N–H and O–H groups in total. The fourth-order valence-corrected chi connectivity index (χ4v) is 2.44. The molecule has 0 aliphatic carbocycles. The first-order valence-corrected chi connectivity index (χ1v) is 8.83. The van der Waals surface area contributed by atoms with Gasteiger partial charge in [-0.05, 0) is 6.42 Å². The second kappa shape index (κ2) is 13.9.